The molecule has 2 aromatic carbocycles. The van der Waals surface area contributed by atoms with Gasteiger partial charge in [0.2, 0.25) is 0 Å². The third-order valence-electron chi connectivity index (χ3n) is 5.06. The van der Waals surface area contributed by atoms with Crippen molar-refractivity contribution in [2.24, 2.45) is 0 Å². The number of carbonyl (C=O) groups is 1. The number of benzene rings is 2. The van der Waals surface area contributed by atoms with Crippen LogP contribution in [-0.4, -0.2) is 25.3 Å². The highest BCUT2D eigenvalue weighted by molar-refractivity contribution is 6.30. The second-order valence-corrected chi connectivity index (χ2v) is 7.97. The predicted molar refractivity (Wildman–Crippen MR) is 118 cm³/mol. The number of nitrogens with zero attached hydrogens (tertiary/aromatic N) is 4. The molecule has 0 unspecified atom stereocenters. The molecule has 4 rings (SSSR count). The summed E-state index contributed by atoms with van der Waals surface area (Å²) < 4.78 is 2.88. The second kappa shape index (κ2) is 7.88. The molecule has 6 nitrogen and oxygen atoms in total. The minimum absolute atomic E-state index is 0.0551. The molecule has 0 aliphatic rings. The van der Waals surface area contributed by atoms with Gasteiger partial charge in [-0.05, 0) is 48.7 Å². The van der Waals surface area contributed by atoms with Crippen LogP contribution >= 0.6 is 11.6 Å². The minimum atomic E-state index is -0.350. The Labute approximate surface area is 178 Å². The monoisotopic (exact) mass is 420 g/mol. The zero-order chi connectivity index (χ0) is 21.4. The number of halogens is 1. The van der Waals surface area contributed by atoms with E-state index in [1.807, 2.05) is 45.0 Å². The average molecular weight is 421 g/mol. The van der Waals surface area contributed by atoms with Crippen LogP contribution in [0.25, 0.3) is 16.6 Å². The summed E-state index contributed by atoms with van der Waals surface area (Å²) in [5.41, 5.74) is 3.10. The molecule has 2 heterocycles. The Morgan fingerprint density at radius 3 is 2.47 bits per heavy atom. The van der Waals surface area contributed by atoms with Gasteiger partial charge in [-0.2, -0.15) is 10.2 Å². The van der Waals surface area contributed by atoms with Gasteiger partial charge in [-0.15, -0.1) is 0 Å². The molecule has 0 amide bonds. The maximum atomic E-state index is 13.4. The number of para-hydroxylation sites is 1. The van der Waals surface area contributed by atoms with E-state index in [1.54, 1.807) is 35.1 Å². The van der Waals surface area contributed by atoms with Gasteiger partial charge in [-0.1, -0.05) is 43.6 Å². The highest BCUT2D eigenvalue weighted by Crippen LogP contribution is 2.24. The highest BCUT2D eigenvalue weighted by atomic mass is 35.5. The third-order valence-corrected chi connectivity index (χ3v) is 5.31. The quantitative estimate of drug-likeness (QED) is 0.444. The predicted octanol–water partition coefficient (Wildman–Crippen LogP) is 4.55. The zero-order valence-electron chi connectivity index (χ0n) is 17.0. The molecule has 0 N–H and O–H groups in total. The second-order valence-electron chi connectivity index (χ2n) is 7.54. The number of rotatable bonds is 5. The van der Waals surface area contributed by atoms with Gasteiger partial charge < -0.3 is 0 Å². The van der Waals surface area contributed by atoms with E-state index in [4.69, 9.17) is 11.6 Å². The molecule has 0 bridgehead atoms. The molecule has 0 radical (unpaired) electrons. The number of carbonyl (C=O) groups excluding carboxylic acids is 1. The van der Waals surface area contributed by atoms with Crippen molar-refractivity contribution >= 4 is 28.3 Å². The standard InChI is InChI=1S/C23H21ClN4O2/c1-14(2)21-18-12-25-28(19-7-5-4-6-15(19)3)22(18)23(30)27(26-21)13-20(29)16-8-10-17(24)11-9-16/h4-12,14H,13H2,1-3H3. The summed E-state index contributed by atoms with van der Waals surface area (Å²) in [5.74, 6) is -0.156. The number of fused-ring (bicyclic) bond motifs is 1. The first kappa shape index (κ1) is 20.0. The lowest BCUT2D eigenvalue weighted by molar-refractivity contribution is 0.0965. The van der Waals surface area contributed by atoms with Gasteiger partial charge in [-0.25, -0.2) is 9.36 Å². The van der Waals surface area contributed by atoms with Crippen LogP contribution in [0.1, 0.15) is 41.4 Å². The van der Waals surface area contributed by atoms with Crippen LogP contribution in [0.4, 0.5) is 0 Å². The van der Waals surface area contributed by atoms with E-state index in [0.29, 0.717) is 21.5 Å². The van der Waals surface area contributed by atoms with Crippen molar-refractivity contribution in [3.8, 4) is 5.69 Å². The van der Waals surface area contributed by atoms with Crippen LogP contribution in [0, 0.1) is 6.92 Å². The normalized spacial score (nSPS) is 11.4. The Hall–Kier alpha value is -3.25. The molecule has 30 heavy (non-hydrogen) atoms. The Morgan fingerprint density at radius 1 is 1.10 bits per heavy atom. The van der Waals surface area contributed by atoms with E-state index < -0.39 is 0 Å². The lowest BCUT2D eigenvalue weighted by atomic mass is 10.1. The van der Waals surface area contributed by atoms with Crippen molar-refractivity contribution < 1.29 is 4.79 Å². The summed E-state index contributed by atoms with van der Waals surface area (Å²) in [6.07, 6.45) is 1.68. The van der Waals surface area contributed by atoms with E-state index >= 15 is 0 Å². The molecule has 0 spiro atoms. The SMILES string of the molecule is Cc1ccccc1-n1ncc2c(C(C)C)nn(CC(=O)c3ccc(Cl)cc3)c(=O)c21. The third kappa shape index (κ3) is 3.55. The van der Waals surface area contributed by atoms with E-state index in [0.717, 1.165) is 16.9 Å². The van der Waals surface area contributed by atoms with Crippen LogP contribution in [0.15, 0.2) is 59.5 Å². The minimum Gasteiger partial charge on any atom is -0.292 e. The van der Waals surface area contributed by atoms with E-state index in [1.165, 1.54) is 4.68 Å². The molecule has 0 saturated carbocycles. The number of ketones is 1. The lowest BCUT2D eigenvalue weighted by Crippen LogP contribution is -2.29. The first-order valence-electron chi connectivity index (χ1n) is 9.70. The van der Waals surface area contributed by atoms with Crippen LogP contribution in [0.2, 0.25) is 5.02 Å². The van der Waals surface area contributed by atoms with Crippen molar-refractivity contribution in [1.29, 1.82) is 0 Å². The topological polar surface area (TPSA) is 69.8 Å². The Morgan fingerprint density at radius 2 is 1.80 bits per heavy atom. The number of aromatic nitrogens is 4. The van der Waals surface area contributed by atoms with Crippen LogP contribution < -0.4 is 5.56 Å². The molecule has 0 aliphatic heterocycles. The van der Waals surface area contributed by atoms with Crippen LogP contribution in [0.5, 0.6) is 0 Å². The molecule has 4 aromatic rings. The van der Waals surface area contributed by atoms with Crippen molar-refractivity contribution in [2.45, 2.75) is 33.2 Å². The molecule has 7 heteroatoms. The summed E-state index contributed by atoms with van der Waals surface area (Å²) in [7, 11) is 0. The van der Waals surface area contributed by atoms with Crippen LogP contribution in [-0.2, 0) is 6.54 Å². The summed E-state index contributed by atoms with van der Waals surface area (Å²) in [4.78, 5) is 26.1. The average Bonchev–Trinajstić information content (AvgIpc) is 3.16. The summed E-state index contributed by atoms with van der Waals surface area (Å²) in [5, 5.41) is 10.2. The fourth-order valence-electron chi connectivity index (χ4n) is 3.47. The zero-order valence-corrected chi connectivity index (χ0v) is 17.7. The fourth-order valence-corrected chi connectivity index (χ4v) is 3.60. The Balaban J connectivity index is 1.88. The van der Waals surface area contributed by atoms with E-state index in [2.05, 4.69) is 10.2 Å². The summed E-state index contributed by atoms with van der Waals surface area (Å²) in [6, 6.07) is 14.3. The highest BCUT2D eigenvalue weighted by Gasteiger charge is 2.20. The van der Waals surface area contributed by atoms with Gasteiger partial charge in [0.25, 0.3) is 5.56 Å². The molecule has 152 valence electrons. The molecular formula is C23H21ClN4O2. The van der Waals surface area contributed by atoms with Gasteiger partial charge in [0, 0.05) is 16.0 Å². The maximum Gasteiger partial charge on any atom is 0.293 e. The van der Waals surface area contributed by atoms with Crippen molar-refractivity contribution in [3.05, 3.63) is 86.9 Å². The number of hydrogen-bond acceptors (Lipinski definition) is 4. The van der Waals surface area contributed by atoms with Gasteiger partial charge in [0.05, 0.1) is 17.6 Å². The molecule has 0 saturated heterocycles. The van der Waals surface area contributed by atoms with E-state index in [-0.39, 0.29) is 23.8 Å². The first-order chi connectivity index (χ1) is 14.4. The summed E-state index contributed by atoms with van der Waals surface area (Å²) >= 11 is 5.91. The molecule has 0 fully saturated rings. The number of aryl methyl sites for hydroxylation is 1. The number of Topliss-reactive ketones (excluding diaryl/α,β-unsaturated/α-hetero) is 1. The van der Waals surface area contributed by atoms with Gasteiger partial charge in [0.15, 0.2) is 5.78 Å². The first-order valence-corrected chi connectivity index (χ1v) is 10.1. The Kier molecular flexibility index (Phi) is 5.26. The largest absolute Gasteiger partial charge is 0.293 e. The Bertz CT molecular complexity index is 1300. The molecule has 0 atom stereocenters. The maximum absolute atomic E-state index is 13.4. The fraction of sp³-hybridized carbons (Fsp3) is 0.217. The van der Waals surface area contributed by atoms with Gasteiger partial charge in [-0.3, -0.25) is 9.59 Å². The van der Waals surface area contributed by atoms with Gasteiger partial charge >= 0.3 is 0 Å². The summed E-state index contributed by atoms with van der Waals surface area (Å²) in [6.45, 7) is 5.82. The van der Waals surface area contributed by atoms with E-state index in [9.17, 15) is 9.59 Å². The smallest absolute Gasteiger partial charge is 0.292 e. The molecule has 0 aliphatic carbocycles. The van der Waals surface area contributed by atoms with Crippen molar-refractivity contribution in [1.82, 2.24) is 19.6 Å². The molecular weight excluding hydrogens is 400 g/mol. The molecule has 2 aromatic heterocycles. The van der Waals surface area contributed by atoms with Gasteiger partial charge in [0.1, 0.15) is 12.1 Å². The lowest BCUT2D eigenvalue weighted by Gasteiger charge is -2.12. The van der Waals surface area contributed by atoms with Crippen molar-refractivity contribution in [2.75, 3.05) is 0 Å². The number of hydrogen-bond donors (Lipinski definition) is 0. The van der Waals surface area contributed by atoms with Crippen LogP contribution in [0.3, 0.4) is 0 Å². The van der Waals surface area contributed by atoms with Crippen molar-refractivity contribution in [3.63, 3.8) is 0 Å².